The number of nitrogens with zero attached hydrogens (tertiary/aromatic N) is 3. The molecule has 0 spiro atoms. The number of carbonyl (C=O) groups is 2. The molecule has 3 aromatic rings. The quantitative estimate of drug-likeness (QED) is 0.581. The zero-order valence-electron chi connectivity index (χ0n) is 19.1. The fourth-order valence-corrected chi connectivity index (χ4v) is 4.32. The summed E-state index contributed by atoms with van der Waals surface area (Å²) in [4.78, 5) is 29.4. The number of hydrogen-bond donors (Lipinski definition) is 1. The van der Waals surface area contributed by atoms with Gasteiger partial charge in [-0.25, -0.2) is 9.18 Å². The third kappa shape index (κ3) is 5.31. The van der Waals surface area contributed by atoms with Crippen molar-refractivity contribution < 1.29 is 14.0 Å². The maximum Gasteiger partial charge on any atom is 0.317 e. The molecule has 6 nitrogen and oxygen atoms in total. The van der Waals surface area contributed by atoms with E-state index in [-0.39, 0.29) is 17.6 Å². The van der Waals surface area contributed by atoms with Gasteiger partial charge in [-0.15, -0.1) is 0 Å². The van der Waals surface area contributed by atoms with Crippen molar-refractivity contribution in [2.75, 3.05) is 32.7 Å². The van der Waals surface area contributed by atoms with Gasteiger partial charge in [0.25, 0.3) is 0 Å². The molecule has 0 unspecified atom stereocenters. The SMILES string of the molecule is Cc1cc(C(=O)CN2CCN(C(=O)NCc3ccccc3)CC2)c(C)n1-c1ccc(F)cc1. The van der Waals surface area contributed by atoms with Crippen LogP contribution in [0.2, 0.25) is 0 Å². The minimum Gasteiger partial charge on any atom is -0.334 e. The van der Waals surface area contributed by atoms with Crippen molar-refractivity contribution in [3.8, 4) is 5.69 Å². The molecule has 4 rings (SSSR count). The van der Waals surface area contributed by atoms with Crippen molar-refractivity contribution in [2.24, 2.45) is 0 Å². The van der Waals surface area contributed by atoms with Crippen LogP contribution < -0.4 is 5.32 Å². The summed E-state index contributed by atoms with van der Waals surface area (Å²) in [5, 5.41) is 2.96. The summed E-state index contributed by atoms with van der Waals surface area (Å²) in [6, 6.07) is 17.9. The first-order valence-electron chi connectivity index (χ1n) is 11.2. The highest BCUT2D eigenvalue weighted by Crippen LogP contribution is 2.22. The fraction of sp³-hybridized carbons (Fsp3) is 0.308. The van der Waals surface area contributed by atoms with Crippen LogP contribution in [0.25, 0.3) is 5.69 Å². The number of rotatable bonds is 6. The van der Waals surface area contributed by atoms with E-state index in [1.807, 2.05) is 54.8 Å². The Morgan fingerprint density at radius 3 is 2.27 bits per heavy atom. The van der Waals surface area contributed by atoms with Gasteiger partial charge in [0.15, 0.2) is 5.78 Å². The molecule has 1 fully saturated rings. The lowest BCUT2D eigenvalue weighted by molar-refractivity contribution is 0.0877. The van der Waals surface area contributed by atoms with Crippen LogP contribution in [0.5, 0.6) is 0 Å². The first-order chi connectivity index (χ1) is 15.9. The van der Waals surface area contributed by atoms with E-state index in [0.717, 1.165) is 22.6 Å². The van der Waals surface area contributed by atoms with Crippen molar-refractivity contribution in [3.63, 3.8) is 0 Å². The molecular weight excluding hydrogens is 419 g/mol. The van der Waals surface area contributed by atoms with Crippen LogP contribution in [0, 0.1) is 19.7 Å². The number of halogens is 1. The molecule has 33 heavy (non-hydrogen) atoms. The maximum atomic E-state index is 13.3. The second kappa shape index (κ2) is 10.0. The topological polar surface area (TPSA) is 57.6 Å². The summed E-state index contributed by atoms with van der Waals surface area (Å²) >= 11 is 0. The Morgan fingerprint density at radius 2 is 1.61 bits per heavy atom. The number of piperazine rings is 1. The van der Waals surface area contributed by atoms with Crippen LogP contribution >= 0.6 is 0 Å². The number of aryl methyl sites for hydroxylation is 1. The summed E-state index contributed by atoms with van der Waals surface area (Å²) in [6.07, 6.45) is 0. The van der Waals surface area contributed by atoms with Gasteiger partial charge in [0.2, 0.25) is 0 Å². The van der Waals surface area contributed by atoms with Crippen molar-refractivity contribution in [3.05, 3.63) is 89.0 Å². The highest BCUT2D eigenvalue weighted by molar-refractivity contribution is 5.99. The summed E-state index contributed by atoms with van der Waals surface area (Å²) in [5.41, 5.74) is 4.36. The monoisotopic (exact) mass is 448 g/mol. The van der Waals surface area contributed by atoms with Gasteiger partial charge in [-0.1, -0.05) is 30.3 Å². The third-order valence-corrected chi connectivity index (χ3v) is 6.13. The molecule has 1 aliphatic heterocycles. The molecule has 2 heterocycles. The van der Waals surface area contributed by atoms with Crippen molar-refractivity contribution in [1.29, 1.82) is 0 Å². The predicted molar refractivity (Wildman–Crippen MR) is 126 cm³/mol. The van der Waals surface area contributed by atoms with E-state index in [9.17, 15) is 14.0 Å². The van der Waals surface area contributed by atoms with Gasteiger partial charge < -0.3 is 14.8 Å². The van der Waals surface area contributed by atoms with E-state index in [2.05, 4.69) is 10.2 Å². The fourth-order valence-electron chi connectivity index (χ4n) is 4.32. The number of Topliss-reactive ketones (excluding diaryl/α,β-unsaturated/α-hetero) is 1. The molecule has 0 bridgehead atoms. The number of benzene rings is 2. The van der Waals surface area contributed by atoms with Gasteiger partial charge in [-0.2, -0.15) is 0 Å². The summed E-state index contributed by atoms with van der Waals surface area (Å²) < 4.78 is 15.3. The van der Waals surface area contributed by atoms with E-state index < -0.39 is 0 Å². The number of urea groups is 1. The number of ketones is 1. The van der Waals surface area contributed by atoms with Crippen molar-refractivity contribution >= 4 is 11.8 Å². The Kier molecular flexibility index (Phi) is 6.89. The van der Waals surface area contributed by atoms with Gasteiger partial charge in [0.1, 0.15) is 5.82 Å². The Hall–Kier alpha value is -3.45. The molecule has 0 saturated carbocycles. The van der Waals surface area contributed by atoms with Crippen LogP contribution in [-0.2, 0) is 6.54 Å². The molecule has 1 aliphatic rings. The number of aromatic nitrogens is 1. The maximum absolute atomic E-state index is 13.3. The van der Waals surface area contributed by atoms with Gasteiger partial charge >= 0.3 is 6.03 Å². The van der Waals surface area contributed by atoms with Crippen molar-refractivity contribution in [1.82, 2.24) is 19.7 Å². The van der Waals surface area contributed by atoms with Crippen LogP contribution in [0.1, 0.15) is 27.3 Å². The highest BCUT2D eigenvalue weighted by atomic mass is 19.1. The van der Waals surface area contributed by atoms with Crippen LogP contribution in [0.4, 0.5) is 9.18 Å². The molecular formula is C26H29FN4O2. The minimum atomic E-state index is -0.287. The molecule has 172 valence electrons. The Bertz CT molecular complexity index is 1120. The number of nitrogens with one attached hydrogen (secondary N) is 1. The normalized spacial score (nSPS) is 14.3. The average Bonchev–Trinajstić information content (AvgIpc) is 3.13. The lowest BCUT2D eigenvalue weighted by atomic mass is 10.1. The summed E-state index contributed by atoms with van der Waals surface area (Å²) in [6.45, 7) is 7.15. The molecule has 0 aliphatic carbocycles. The van der Waals surface area contributed by atoms with E-state index in [0.29, 0.717) is 44.8 Å². The van der Waals surface area contributed by atoms with Crippen LogP contribution in [0.3, 0.4) is 0 Å². The second-order valence-corrected chi connectivity index (χ2v) is 8.43. The molecule has 7 heteroatoms. The third-order valence-electron chi connectivity index (χ3n) is 6.13. The Balaban J connectivity index is 1.32. The predicted octanol–water partition coefficient (Wildman–Crippen LogP) is 3.94. The highest BCUT2D eigenvalue weighted by Gasteiger charge is 2.24. The molecule has 1 saturated heterocycles. The molecule has 2 aromatic carbocycles. The molecule has 1 aromatic heterocycles. The number of carbonyl (C=O) groups excluding carboxylic acids is 2. The van der Waals surface area contributed by atoms with E-state index >= 15 is 0 Å². The largest absolute Gasteiger partial charge is 0.334 e. The lowest BCUT2D eigenvalue weighted by Gasteiger charge is -2.34. The van der Waals surface area contributed by atoms with Gasteiger partial charge in [-0.05, 0) is 49.7 Å². The van der Waals surface area contributed by atoms with Gasteiger partial charge in [0.05, 0.1) is 6.54 Å². The standard InChI is InChI=1S/C26H29FN4O2/c1-19-16-24(20(2)31(19)23-10-8-22(27)9-11-23)25(32)18-29-12-14-30(15-13-29)26(33)28-17-21-6-4-3-5-7-21/h3-11,16H,12-15,17-18H2,1-2H3,(H,28,33). The summed E-state index contributed by atoms with van der Waals surface area (Å²) in [5.74, 6) is -0.233. The molecule has 0 atom stereocenters. The van der Waals surface area contributed by atoms with Gasteiger partial charge in [0, 0.05) is 55.4 Å². The zero-order valence-corrected chi connectivity index (χ0v) is 19.1. The molecule has 1 N–H and O–H groups in total. The van der Waals surface area contributed by atoms with Crippen molar-refractivity contribution in [2.45, 2.75) is 20.4 Å². The van der Waals surface area contributed by atoms with E-state index in [1.54, 1.807) is 17.0 Å². The first kappa shape index (κ1) is 22.7. The Labute approximate surface area is 193 Å². The lowest BCUT2D eigenvalue weighted by Crippen LogP contribution is -2.52. The minimum absolute atomic E-state index is 0.0541. The van der Waals surface area contributed by atoms with E-state index in [4.69, 9.17) is 0 Å². The molecule has 0 radical (unpaired) electrons. The second-order valence-electron chi connectivity index (χ2n) is 8.43. The van der Waals surface area contributed by atoms with Gasteiger partial charge in [-0.3, -0.25) is 9.69 Å². The van der Waals surface area contributed by atoms with Crippen LogP contribution in [0.15, 0.2) is 60.7 Å². The summed E-state index contributed by atoms with van der Waals surface area (Å²) in [7, 11) is 0. The number of amides is 2. The van der Waals surface area contributed by atoms with Crippen LogP contribution in [-0.4, -0.2) is 58.9 Å². The smallest absolute Gasteiger partial charge is 0.317 e. The first-order valence-corrected chi connectivity index (χ1v) is 11.2. The van der Waals surface area contributed by atoms with E-state index in [1.165, 1.54) is 12.1 Å². The average molecular weight is 449 g/mol. The zero-order chi connectivity index (χ0) is 23.4. The Morgan fingerprint density at radius 1 is 0.939 bits per heavy atom. The number of hydrogen-bond acceptors (Lipinski definition) is 3. The molecule has 2 amide bonds.